The number of imide groups is 2. The number of carbonyl (C=O) groups excluding carboxylic acids is 3. The molecule has 0 N–H and O–H groups in total. The summed E-state index contributed by atoms with van der Waals surface area (Å²) in [6, 6.07) is 8.45. The molecule has 0 radical (unpaired) electrons. The molecule has 2 aromatic rings. The lowest BCUT2D eigenvalue weighted by molar-refractivity contribution is -0.134. The van der Waals surface area contributed by atoms with E-state index in [1.807, 2.05) is 18.2 Å². The van der Waals surface area contributed by atoms with Crippen LogP contribution in [0.5, 0.6) is 0 Å². The van der Waals surface area contributed by atoms with Gasteiger partial charge in [0.05, 0.1) is 0 Å². The van der Waals surface area contributed by atoms with Gasteiger partial charge in [0.15, 0.2) is 0 Å². The highest BCUT2D eigenvalue weighted by Gasteiger charge is 2.37. The fraction of sp³-hybridized carbons (Fsp3) is 0.133. The number of furan rings is 1. The quantitative estimate of drug-likeness (QED) is 0.592. The number of benzene rings is 1. The Balaban J connectivity index is 2.06. The number of carbonyl (C=O) groups is 3. The zero-order valence-corrected chi connectivity index (χ0v) is 11.5. The van der Waals surface area contributed by atoms with Crippen LogP contribution in [-0.4, -0.2) is 41.7 Å². The minimum Gasteiger partial charge on any atom is -0.457 e. The molecular weight excluding hydrogens is 272 g/mol. The number of urea groups is 1. The van der Waals surface area contributed by atoms with E-state index < -0.39 is 17.8 Å². The maximum atomic E-state index is 12.1. The molecule has 1 aliphatic rings. The second-order valence-electron chi connectivity index (χ2n) is 4.76. The first-order valence-electron chi connectivity index (χ1n) is 6.29. The molecule has 0 spiro atoms. The van der Waals surface area contributed by atoms with Gasteiger partial charge in [0.25, 0.3) is 11.8 Å². The standard InChI is InChI=1S/C15H12N2O4/c1-16-13(18)11(14(19)17(2)15(16)20)8-10-7-9-5-3-4-6-12(9)21-10/h3-8H,1-2H3. The molecule has 0 atom stereocenters. The van der Waals surface area contributed by atoms with Crippen LogP contribution in [0.15, 0.2) is 40.3 Å². The molecule has 1 aromatic carbocycles. The lowest BCUT2D eigenvalue weighted by Crippen LogP contribution is -2.52. The molecule has 6 heteroatoms. The Labute approximate surface area is 120 Å². The Bertz CT molecular complexity index is 744. The van der Waals surface area contributed by atoms with Crippen LogP contribution in [0.4, 0.5) is 4.79 Å². The van der Waals surface area contributed by atoms with Crippen LogP contribution in [0.3, 0.4) is 0 Å². The number of nitrogens with zero attached hydrogens (tertiary/aromatic N) is 2. The summed E-state index contributed by atoms with van der Waals surface area (Å²) >= 11 is 0. The van der Waals surface area contributed by atoms with Gasteiger partial charge in [0, 0.05) is 19.5 Å². The Hall–Kier alpha value is -2.89. The molecule has 3 rings (SSSR count). The highest BCUT2D eigenvalue weighted by atomic mass is 16.3. The number of amides is 4. The van der Waals surface area contributed by atoms with Crippen molar-refractivity contribution < 1.29 is 18.8 Å². The molecule has 6 nitrogen and oxygen atoms in total. The van der Waals surface area contributed by atoms with Crippen LogP contribution in [0.25, 0.3) is 17.0 Å². The second-order valence-corrected chi connectivity index (χ2v) is 4.76. The van der Waals surface area contributed by atoms with Gasteiger partial charge in [-0.05, 0) is 18.2 Å². The maximum absolute atomic E-state index is 12.1. The first-order chi connectivity index (χ1) is 9.99. The predicted molar refractivity (Wildman–Crippen MR) is 75.1 cm³/mol. The first kappa shape index (κ1) is 13.1. The lowest BCUT2D eigenvalue weighted by atomic mass is 10.1. The summed E-state index contributed by atoms with van der Waals surface area (Å²) in [6.45, 7) is 0. The molecule has 4 amide bonds. The van der Waals surface area contributed by atoms with Gasteiger partial charge in [-0.2, -0.15) is 0 Å². The summed E-state index contributed by atoms with van der Waals surface area (Å²) in [4.78, 5) is 37.6. The molecule has 0 saturated carbocycles. The van der Waals surface area contributed by atoms with E-state index in [1.54, 1.807) is 12.1 Å². The molecule has 0 bridgehead atoms. The van der Waals surface area contributed by atoms with Crippen molar-refractivity contribution in [2.24, 2.45) is 0 Å². The highest BCUT2D eigenvalue weighted by molar-refractivity contribution is 6.30. The molecule has 0 unspecified atom stereocenters. The minimum atomic E-state index is -0.647. The van der Waals surface area contributed by atoms with Crippen molar-refractivity contribution in [3.63, 3.8) is 0 Å². The van der Waals surface area contributed by atoms with E-state index in [1.165, 1.54) is 20.2 Å². The molecule has 1 fully saturated rings. The summed E-state index contributed by atoms with van der Waals surface area (Å²) in [6.07, 6.45) is 1.37. The van der Waals surface area contributed by atoms with Gasteiger partial charge >= 0.3 is 6.03 Å². The Morgan fingerprint density at radius 3 is 2.24 bits per heavy atom. The lowest BCUT2D eigenvalue weighted by Gasteiger charge is -2.28. The van der Waals surface area contributed by atoms with E-state index in [-0.39, 0.29) is 5.57 Å². The van der Waals surface area contributed by atoms with Gasteiger partial charge in [0.1, 0.15) is 16.9 Å². The largest absolute Gasteiger partial charge is 0.457 e. The van der Waals surface area contributed by atoms with Crippen molar-refractivity contribution >= 4 is 34.9 Å². The fourth-order valence-electron chi connectivity index (χ4n) is 2.19. The van der Waals surface area contributed by atoms with Crippen molar-refractivity contribution in [2.75, 3.05) is 14.1 Å². The topological polar surface area (TPSA) is 70.8 Å². The van der Waals surface area contributed by atoms with E-state index in [0.29, 0.717) is 11.3 Å². The fourth-order valence-corrected chi connectivity index (χ4v) is 2.19. The van der Waals surface area contributed by atoms with Gasteiger partial charge in [-0.15, -0.1) is 0 Å². The number of hydrogen-bond acceptors (Lipinski definition) is 4. The van der Waals surface area contributed by atoms with E-state index in [2.05, 4.69) is 0 Å². The van der Waals surface area contributed by atoms with E-state index in [0.717, 1.165) is 15.2 Å². The SMILES string of the molecule is CN1C(=O)C(=Cc2cc3ccccc3o2)C(=O)N(C)C1=O. The van der Waals surface area contributed by atoms with Crippen LogP contribution >= 0.6 is 0 Å². The number of hydrogen-bond donors (Lipinski definition) is 0. The van der Waals surface area contributed by atoms with Crippen LogP contribution in [0.1, 0.15) is 5.76 Å². The summed E-state index contributed by atoms with van der Waals surface area (Å²) in [5.74, 6) is -0.879. The van der Waals surface area contributed by atoms with E-state index in [9.17, 15) is 14.4 Å². The number of rotatable bonds is 1. The van der Waals surface area contributed by atoms with Crippen LogP contribution < -0.4 is 0 Å². The van der Waals surface area contributed by atoms with Crippen LogP contribution in [0.2, 0.25) is 0 Å². The average Bonchev–Trinajstić information content (AvgIpc) is 2.90. The Morgan fingerprint density at radius 1 is 1.00 bits per heavy atom. The Morgan fingerprint density at radius 2 is 1.62 bits per heavy atom. The van der Waals surface area contributed by atoms with Crippen molar-refractivity contribution in [3.8, 4) is 0 Å². The van der Waals surface area contributed by atoms with Gasteiger partial charge in [-0.1, -0.05) is 18.2 Å². The van der Waals surface area contributed by atoms with Gasteiger partial charge in [-0.3, -0.25) is 19.4 Å². The molecule has 0 aliphatic carbocycles. The van der Waals surface area contributed by atoms with Crippen LogP contribution in [0, 0.1) is 0 Å². The summed E-state index contributed by atoms with van der Waals surface area (Å²) in [7, 11) is 2.67. The molecular formula is C15H12N2O4. The maximum Gasteiger partial charge on any atom is 0.333 e. The third kappa shape index (κ3) is 2.01. The Kier molecular flexibility index (Phi) is 2.86. The molecule has 1 saturated heterocycles. The molecule has 21 heavy (non-hydrogen) atoms. The summed E-state index contributed by atoms with van der Waals surface area (Å²) < 4.78 is 5.56. The van der Waals surface area contributed by atoms with Gasteiger partial charge in [-0.25, -0.2) is 4.79 Å². The molecule has 2 heterocycles. The van der Waals surface area contributed by atoms with Crippen LogP contribution in [-0.2, 0) is 9.59 Å². The summed E-state index contributed by atoms with van der Waals surface area (Å²) in [5, 5.41) is 0.873. The van der Waals surface area contributed by atoms with Crippen molar-refractivity contribution in [2.45, 2.75) is 0 Å². The van der Waals surface area contributed by atoms with Crippen molar-refractivity contribution in [3.05, 3.63) is 41.7 Å². The molecule has 106 valence electrons. The van der Waals surface area contributed by atoms with E-state index in [4.69, 9.17) is 4.42 Å². The zero-order chi connectivity index (χ0) is 15.1. The number of likely N-dealkylation sites (N-methyl/N-ethyl adjacent to an activating group) is 2. The number of barbiturate groups is 1. The third-order valence-corrected chi connectivity index (χ3v) is 3.38. The third-order valence-electron chi connectivity index (χ3n) is 3.38. The minimum absolute atomic E-state index is 0.0985. The van der Waals surface area contributed by atoms with Gasteiger partial charge < -0.3 is 4.42 Å². The zero-order valence-electron chi connectivity index (χ0n) is 11.5. The molecule has 1 aromatic heterocycles. The highest BCUT2D eigenvalue weighted by Crippen LogP contribution is 2.23. The second kappa shape index (κ2) is 4.59. The number of fused-ring (bicyclic) bond motifs is 1. The normalized spacial score (nSPS) is 16.1. The van der Waals surface area contributed by atoms with Gasteiger partial charge in [0.2, 0.25) is 0 Å². The average molecular weight is 284 g/mol. The number of para-hydroxylation sites is 1. The monoisotopic (exact) mass is 284 g/mol. The van der Waals surface area contributed by atoms with E-state index >= 15 is 0 Å². The summed E-state index contributed by atoms with van der Waals surface area (Å²) in [5.41, 5.74) is 0.566. The van der Waals surface area contributed by atoms with Crippen molar-refractivity contribution in [1.82, 2.24) is 9.80 Å². The predicted octanol–water partition coefficient (Wildman–Crippen LogP) is 1.87. The molecule has 1 aliphatic heterocycles. The first-order valence-corrected chi connectivity index (χ1v) is 6.29. The smallest absolute Gasteiger partial charge is 0.333 e. The van der Waals surface area contributed by atoms with Crippen molar-refractivity contribution in [1.29, 1.82) is 0 Å².